The van der Waals surface area contributed by atoms with E-state index in [-0.39, 0.29) is 34.9 Å². The zero-order valence-corrected chi connectivity index (χ0v) is 22.8. The molecule has 3 atom stereocenters. The largest absolute Gasteiger partial charge is 0.391 e. The van der Waals surface area contributed by atoms with Crippen molar-refractivity contribution in [1.29, 1.82) is 0 Å². The number of rotatable bonds is 11. The van der Waals surface area contributed by atoms with Crippen molar-refractivity contribution in [3.8, 4) is 0 Å². The van der Waals surface area contributed by atoms with E-state index in [1.54, 1.807) is 6.92 Å². The van der Waals surface area contributed by atoms with Crippen LogP contribution in [0.25, 0.3) is 0 Å². The summed E-state index contributed by atoms with van der Waals surface area (Å²) in [6.45, 7) is 9.05. The Morgan fingerprint density at radius 3 is 2.47 bits per heavy atom. The van der Waals surface area contributed by atoms with Crippen LogP contribution in [0.4, 0.5) is 10.1 Å². The highest BCUT2D eigenvalue weighted by Gasteiger charge is 2.28. The van der Waals surface area contributed by atoms with Gasteiger partial charge in [0.05, 0.1) is 17.8 Å². The molecule has 7 nitrogen and oxygen atoms in total. The van der Waals surface area contributed by atoms with Gasteiger partial charge in [0.25, 0.3) is 5.91 Å². The minimum Gasteiger partial charge on any atom is -0.391 e. The first-order valence-electron chi connectivity index (χ1n) is 13.3. The summed E-state index contributed by atoms with van der Waals surface area (Å²) in [5.74, 6) is -1.83. The average Bonchev–Trinajstić information content (AvgIpc) is 3.29. The van der Waals surface area contributed by atoms with E-state index in [1.165, 1.54) is 23.1 Å². The molecule has 3 amide bonds. The van der Waals surface area contributed by atoms with Gasteiger partial charge in [-0.05, 0) is 54.9 Å². The third-order valence-corrected chi connectivity index (χ3v) is 6.87. The summed E-state index contributed by atoms with van der Waals surface area (Å²) in [7, 11) is 0. The summed E-state index contributed by atoms with van der Waals surface area (Å²) in [6, 6.07) is 12.7. The van der Waals surface area contributed by atoms with Gasteiger partial charge >= 0.3 is 0 Å². The lowest BCUT2D eigenvalue weighted by molar-refractivity contribution is -0.125. The van der Waals surface area contributed by atoms with Gasteiger partial charge in [-0.3, -0.25) is 14.4 Å². The van der Waals surface area contributed by atoms with E-state index in [0.29, 0.717) is 32.4 Å². The molecule has 8 heteroatoms. The van der Waals surface area contributed by atoms with Crippen LogP contribution in [-0.4, -0.2) is 48.1 Å². The van der Waals surface area contributed by atoms with Crippen molar-refractivity contribution < 1.29 is 23.9 Å². The molecule has 0 aliphatic carbocycles. The highest BCUT2D eigenvalue weighted by atomic mass is 19.1. The molecule has 1 heterocycles. The lowest BCUT2D eigenvalue weighted by atomic mass is 9.91. The van der Waals surface area contributed by atoms with Crippen LogP contribution in [0.2, 0.25) is 0 Å². The number of hydrogen-bond acceptors (Lipinski definition) is 4. The van der Waals surface area contributed by atoms with Gasteiger partial charge in [-0.15, -0.1) is 0 Å². The molecular formula is C30H40FN3O4. The Morgan fingerprint density at radius 2 is 1.84 bits per heavy atom. The molecule has 206 valence electrons. The van der Waals surface area contributed by atoms with Crippen LogP contribution in [0.15, 0.2) is 48.5 Å². The van der Waals surface area contributed by atoms with Crippen molar-refractivity contribution in [3.05, 3.63) is 65.5 Å². The molecule has 0 bridgehead atoms. The smallest absolute Gasteiger partial charge is 0.251 e. The molecule has 2 aromatic carbocycles. The van der Waals surface area contributed by atoms with E-state index in [0.717, 1.165) is 12.0 Å². The Hall–Kier alpha value is -3.26. The summed E-state index contributed by atoms with van der Waals surface area (Å²) >= 11 is 0. The zero-order chi connectivity index (χ0) is 27.9. The minimum absolute atomic E-state index is 0.0841. The van der Waals surface area contributed by atoms with Gasteiger partial charge in [-0.1, -0.05) is 58.0 Å². The van der Waals surface area contributed by atoms with Crippen LogP contribution in [0, 0.1) is 17.2 Å². The Balaban J connectivity index is 1.72. The third-order valence-electron chi connectivity index (χ3n) is 6.87. The third kappa shape index (κ3) is 8.38. The average molecular weight is 526 g/mol. The van der Waals surface area contributed by atoms with Gasteiger partial charge in [-0.2, -0.15) is 0 Å². The molecule has 3 N–H and O–H groups in total. The number of nitrogens with one attached hydrogen (secondary N) is 2. The summed E-state index contributed by atoms with van der Waals surface area (Å²) in [4.78, 5) is 39.4. The molecule has 0 saturated carbocycles. The summed E-state index contributed by atoms with van der Waals surface area (Å²) < 4.78 is 14.5. The first-order valence-corrected chi connectivity index (χ1v) is 13.3. The number of amides is 3. The quantitative estimate of drug-likeness (QED) is 0.409. The van der Waals surface area contributed by atoms with E-state index >= 15 is 0 Å². The van der Waals surface area contributed by atoms with Crippen LogP contribution in [-0.2, 0) is 16.0 Å². The van der Waals surface area contributed by atoms with Crippen LogP contribution in [0.3, 0.4) is 0 Å². The monoisotopic (exact) mass is 525 g/mol. The van der Waals surface area contributed by atoms with Crippen LogP contribution in [0.1, 0.15) is 69.3 Å². The van der Waals surface area contributed by atoms with E-state index in [4.69, 9.17) is 0 Å². The summed E-state index contributed by atoms with van der Waals surface area (Å²) in [5, 5.41) is 17.0. The van der Waals surface area contributed by atoms with Gasteiger partial charge in [0.15, 0.2) is 0 Å². The predicted molar refractivity (Wildman–Crippen MR) is 146 cm³/mol. The van der Waals surface area contributed by atoms with Crippen molar-refractivity contribution >= 4 is 23.4 Å². The fourth-order valence-electron chi connectivity index (χ4n) is 4.54. The van der Waals surface area contributed by atoms with Crippen molar-refractivity contribution in [2.45, 2.75) is 71.9 Å². The maximum absolute atomic E-state index is 14.5. The van der Waals surface area contributed by atoms with Crippen LogP contribution < -0.4 is 15.5 Å². The summed E-state index contributed by atoms with van der Waals surface area (Å²) in [5.41, 5.74) is 1.30. The maximum Gasteiger partial charge on any atom is 0.251 e. The van der Waals surface area contributed by atoms with Gasteiger partial charge < -0.3 is 20.6 Å². The number of aliphatic hydroxyl groups is 1. The predicted octanol–water partition coefficient (Wildman–Crippen LogP) is 4.23. The maximum atomic E-state index is 14.5. The second-order valence-electron chi connectivity index (χ2n) is 11.4. The van der Waals surface area contributed by atoms with E-state index < -0.39 is 29.8 Å². The first kappa shape index (κ1) is 29.3. The first-order chi connectivity index (χ1) is 17.9. The number of benzene rings is 2. The lowest BCUT2D eigenvalue weighted by Crippen LogP contribution is -2.46. The second kappa shape index (κ2) is 13.0. The standard InChI is InChI=1S/C30H40FN3O4/c1-20(28(37)32-15-14-30(2,3)4)17-26(35)24(18-21-9-6-5-7-10-21)33-29(38)22-12-13-23(31)25(19-22)34-16-8-11-27(34)36/h5-7,9-10,12-13,19-20,24,26,35H,8,11,14-18H2,1-4H3,(H,32,37)(H,33,38)/t20-,24+,26+/m0/s1. The highest BCUT2D eigenvalue weighted by Crippen LogP contribution is 2.26. The van der Waals surface area contributed by atoms with Gasteiger partial charge in [-0.25, -0.2) is 4.39 Å². The van der Waals surface area contributed by atoms with E-state index in [1.807, 2.05) is 30.3 Å². The van der Waals surface area contributed by atoms with Gasteiger partial charge in [0, 0.05) is 31.0 Å². The molecule has 1 aliphatic rings. The van der Waals surface area contributed by atoms with Crippen molar-refractivity contribution in [2.75, 3.05) is 18.0 Å². The fourth-order valence-corrected chi connectivity index (χ4v) is 4.54. The molecule has 0 unspecified atom stereocenters. The molecule has 1 fully saturated rings. The zero-order valence-electron chi connectivity index (χ0n) is 22.8. The Labute approximate surface area is 224 Å². The molecule has 2 aromatic rings. The van der Waals surface area contributed by atoms with Gasteiger partial charge in [0.2, 0.25) is 11.8 Å². The van der Waals surface area contributed by atoms with Crippen molar-refractivity contribution in [2.24, 2.45) is 11.3 Å². The van der Waals surface area contributed by atoms with E-state index in [9.17, 15) is 23.9 Å². The van der Waals surface area contributed by atoms with Gasteiger partial charge in [0.1, 0.15) is 5.82 Å². The highest BCUT2D eigenvalue weighted by molar-refractivity contribution is 5.99. The molecule has 1 aliphatic heterocycles. The molecule has 1 saturated heterocycles. The SMILES string of the molecule is C[C@@H](C[C@@H](O)[C@@H](Cc1ccccc1)NC(=O)c1ccc(F)c(N2CCCC2=O)c1)C(=O)NCCC(C)(C)C. The fraction of sp³-hybridized carbons (Fsp3) is 0.500. The Kier molecular flexibility index (Phi) is 10.0. The molecule has 3 rings (SSSR count). The number of carbonyl (C=O) groups excluding carboxylic acids is 3. The number of halogens is 1. The Bertz CT molecular complexity index is 1120. The number of nitrogens with zero attached hydrogens (tertiary/aromatic N) is 1. The molecule has 0 spiro atoms. The molecular weight excluding hydrogens is 485 g/mol. The lowest BCUT2D eigenvalue weighted by Gasteiger charge is -2.27. The van der Waals surface area contributed by atoms with E-state index in [2.05, 4.69) is 31.4 Å². The van der Waals surface area contributed by atoms with Crippen LogP contribution in [0.5, 0.6) is 0 Å². The molecule has 38 heavy (non-hydrogen) atoms. The topological polar surface area (TPSA) is 98.7 Å². The number of aliphatic hydroxyl groups excluding tert-OH is 1. The number of carbonyl (C=O) groups is 3. The molecule has 0 radical (unpaired) electrons. The van der Waals surface area contributed by atoms with Crippen LogP contribution >= 0.6 is 0 Å². The normalized spacial score (nSPS) is 16.2. The Morgan fingerprint density at radius 1 is 1.13 bits per heavy atom. The minimum atomic E-state index is -0.998. The van der Waals surface area contributed by atoms with Crippen molar-refractivity contribution in [1.82, 2.24) is 10.6 Å². The second-order valence-corrected chi connectivity index (χ2v) is 11.4. The number of hydrogen-bond donors (Lipinski definition) is 3. The number of anilines is 1. The van der Waals surface area contributed by atoms with Crippen molar-refractivity contribution in [3.63, 3.8) is 0 Å². The molecule has 0 aromatic heterocycles. The summed E-state index contributed by atoms with van der Waals surface area (Å²) in [6.07, 6.45) is 1.35.